The van der Waals surface area contributed by atoms with Gasteiger partial charge >= 0.3 is 28.6 Å². The van der Waals surface area contributed by atoms with Gasteiger partial charge in [0.05, 0.1) is 12.7 Å². The molecule has 0 fully saturated rings. The van der Waals surface area contributed by atoms with Gasteiger partial charge in [0.2, 0.25) is 5.75 Å². The average molecular weight is 269 g/mol. The van der Waals surface area contributed by atoms with Crippen LogP contribution in [0.4, 0.5) is 0 Å². The van der Waals surface area contributed by atoms with Crippen molar-refractivity contribution in [3.8, 4) is 11.5 Å². The van der Waals surface area contributed by atoms with Crippen molar-refractivity contribution < 1.29 is 31.4 Å². The van der Waals surface area contributed by atoms with Gasteiger partial charge in [-0.3, -0.25) is 15.3 Å². The van der Waals surface area contributed by atoms with E-state index >= 15 is 0 Å². The minimum Gasteiger partial charge on any atom is -0.590 e. The third-order valence-electron chi connectivity index (χ3n) is 1.64. The molecule has 5 N–H and O–H groups in total. The fraction of sp³-hybridized carbons (Fsp3) is 0.111. The van der Waals surface area contributed by atoms with Crippen molar-refractivity contribution in [2.24, 2.45) is 10.8 Å². The average Bonchev–Trinajstić information content (AvgIpc) is 2.20. The Balaban J connectivity index is 0.00000225. The second kappa shape index (κ2) is 6.70. The zero-order valence-electron chi connectivity index (χ0n) is 8.47. The van der Waals surface area contributed by atoms with E-state index in [1.54, 1.807) is 18.2 Å². The smallest absolute Gasteiger partial charge is 0.590 e. The molecule has 1 aromatic rings. The maximum atomic E-state index is 8.54. The Bertz CT molecular complexity index is 396. The van der Waals surface area contributed by atoms with Gasteiger partial charge in [0, 0.05) is 6.21 Å². The van der Waals surface area contributed by atoms with Gasteiger partial charge in [0.25, 0.3) is 0 Å². The molecule has 6 nitrogen and oxygen atoms in total. The summed E-state index contributed by atoms with van der Waals surface area (Å²) < 4.78 is 4.95. The molecule has 87 valence electrons. The molecule has 0 aliphatic rings. The molecule has 0 spiro atoms. The molecular weight excluding hydrogens is 257 g/mol. The van der Waals surface area contributed by atoms with Crippen LogP contribution in [-0.4, -0.2) is 29.3 Å². The Hall–Kier alpha value is -1.73. The number of rotatable bonds is 3. The summed E-state index contributed by atoms with van der Waals surface area (Å²) in [4.78, 5) is 8.54. The van der Waals surface area contributed by atoms with E-state index in [0.717, 1.165) is 0 Å². The van der Waals surface area contributed by atoms with Crippen LogP contribution in [0.15, 0.2) is 23.3 Å². The summed E-state index contributed by atoms with van der Waals surface area (Å²) in [6.45, 7) is 0. The van der Waals surface area contributed by atoms with Gasteiger partial charge in [0.15, 0.2) is 0 Å². The Morgan fingerprint density at radius 2 is 2.31 bits per heavy atom. The Labute approximate surface area is 103 Å². The van der Waals surface area contributed by atoms with Crippen LogP contribution in [0.25, 0.3) is 5.43 Å². The minimum absolute atomic E-state index is 0. The number of hydrogen-bond acceptors (Lipinski definition) is 2. The summed E-state index contributed by atoms with van der Waals surface area (Å²) in [5, 5.41) is 11.2. The second-order valence-corrected chi connectivity index (χ2v) is 2.63. The quantitative estimate of drug-likeness (QED) is 0.474. The Morgan fingerprint density at radius 3 is 2.88 bits per heavy atom. The molecule has 0 heterocycles. The van der Waals surface area contributed by atoms with Crippen molar-refractivity contribution in [1.82, 2.24) is 0 Å². The maximum Gasteiger partial charge on any atom is 2.00 e. The molecular formula is C9H12CoN3O3+3. The third-order valence-corrected chi connectivity index (χ3v) is 1.64. The molecule has 0 aromatic heterocycles. The monoisotopic (exact) mass is 269 g/mol. The molecule has 1 rings (SSSR count). The van der Waals surface area contributed by atoms with Crippen LogP contribution in [0.1, 0.15) is 5.56 Å². The number of primary amides is 1. The first-order valence-electron chi connectivity index (χ1n) is 4.09. The molecule has 0 aliphatic carbocycles. The summed E-state index contributed by atoms with van der Waals surface area (Å²) in [7, 11) is 1.48. The molecule has 16 heavy (non-hydrogen) atoms. The molecule has 0 aliphatic heterocycles. The first-order chi connectivity index (χ1) is 7.15. The van der Waals surface area contributed by atoms with Crippen LogP contribution in [0.3, 0.4) is 0 Å². The zero-order valence-corrected chi connectivity index (χ0v) is 9.51. The second-order valence-electron chi connectivity index (χ2n) is 2.63. The normalized spacial score (nSPS) is 9.56. The van der Waals surface area contributed by atoms with E-state index in [1.807, 2.05) is 0 Å². The van der Waals surface area contributed by atoms with E-state index in [0.29, 0.717) is 11.3 Å². The van der Waals surface area contributed by atoms with Crippen molar-refractivity contribution >= 4 is 12.2 Å². The minimum atomic E-state index is -0.624. The number of methoxy groups -OCH3 is 1. The van der Waals surface area contributed by atoms with Gasteiger partial charge in [-0.25, -0.2) is 0 Å². The number of amides is 2. The largest absolute Gasteiger partial charge is 2.00 e. The fourth-order valence-corrected chi connectivity index (χ4v) is 0.976. The first-order valence-corrected chi connectivity index (χ1v) is 4.09. The number of nitrogens with two attached hydrogens (primary N) is 1. The first kappa shape index (κ1) is 14.3. The molecule has 0 bridgehead atoms. The van der Waals surface area contributed by atoms with Gasteiger partial charge in [0.1, 0.15) is 0 Å². The fourth-order valence-electron chi connectivity index (χ4n) is 0.976. The maximum absolute atomic E-state index is 8.54. The number of urea groups is 1. The van der Waals surface area contributed by atoms with Crippen LogP contribution < -0.4 is 10.5 Å². The van der Waals surface area contributed by atoms with E-state index < -0.39 is 6.03 Å². The Kier molecular flexibility index (Phi) is 5.97. The summed E-state index contributed by atoms with van der Waals surface area (Å²) >= 11 is 0. The van der Waals surface area contributed by atoms with Crippen LogP contribution in [-0.2, 0) is 16.8 Å². The predicted molar refractivity (Wildman–Crippen MR) is 58.1 cm³/mol. The predicted octanol–water partition coefficient (Wildman–Crippen LogP) is 0.257. The van der Waals surface area contributed by atoms with Gasteiger partial charge in [-0.2, -0.15) is 0 Å². The number of benzene rings is 1. The summed E-state index contributed by atoms with van der Waals surface area (Å²) in [6, 6.07) is 4.45. The molecule has 0 saturated heterocycles. The zero-order chi connectivity index (χ0) is 11.3. The van der Waals surface area contributed by atoms with Gasteiger partial charge in [-0.05, 0) is 12.1 Å². The summed E-state index contributed by atoms with van der Waals surface area (Å²) in [6.07, 6.45) is 1.31. The van der Waals surface area contributed by atoms with Crippen molar-refractivity contribution in [3.63, 3.8) is 0 Å². The molecule has 0 atom stereocenters. The van der Waals surface area contributed by atoms with Crippen molar-refractivity contribution in [3.05, 3.63) is 29.2 Å². The van der Waals surface area contributed by atoms with E-state index in [4.69, 9.17) is 20.4 Å². The number of carbonyl (C=O) groups excluding carboxylic acids is 1. The summed E-state index contributed by atoms with van der Waals surface area (Å²) in [5.41, 5.74) is 8.61. The third kappa shape index (κ3) is 3.79. The number of para-hydroxylation sites is 1. The SMILES string of the molecule is COc1cccc(C=N[N-]C(N)=[OH+])c1[OH2+].[Co+2]. The van der Waals surface area contributed by atoms with E-state index in [-0.39, 0.29) is 22.5 Å². The number of nitrogens with zero attached hydrogens (tertiary/aromatic N) is 2. The van der Waals surface area contributed by atoms with E-state index in [9.17, 15) is 0 Å². The van der Waals surface area contributed by atoms with E-state index in [2.05, 4.69) is 10.5 Å². The van der Waals surface area contributed by atoms with Crippen LogP contribution in [0.2, 0.25) is 0 Å². The Morgan fingerprint density at radius 1 is 1.62 bits per heavy atom. The molecule has 0 saturated carbocycles. The van der Waals surface area contributed by atoms with Crippen molar-refractivity contribution in [2.45, 2.75) is 0 Å². The van der Waals surface area contributed by atoms with Crippen molar-refractivity contribution in [1.29, 1.82) is 0 Å². The van der Waals surface area contributed by atoms with Crippen LogP contribution >= 0.6 is 0 Å². The van der Waals surface area contributed by atoms with Crippen molar-refractivity contribution in [2.75, 3.05) is 7.11 Å². The molecule has 1 radical (unpaired) electrons. The number of hydrogen-bond donors (Lipinski definition) is 1. The van der Waals surface area contributed by atoms with E-state index in [1.165, 1.54) is 13.3 Å². The molecule has 1 aromatic carbocycles. The van der Waals surface area contributed by atoms with Gasteiger partial charge < -0.3 is 15.6 Å². The topological polar surface area (TPSA) is 106 Å². The standard InChI is InChI=1S/C9H11N3O3.Co/c1-15-7-4-2-3-6(8(7)13)5-11-12-9(10)14;/h2-5H,1H3,(H4,10,11,12,13,14);/q;+2/p+1. The van der Waals surface area contributed by atoms with Crippen LogP contribution in [0, 0.1) is 0 Å². The van der Waals surface area contributed by atoms with Crippen LogP contribution in [0.5, 0.6) is 11.5 Å². The molecule has 0 unspecified atom stereocenters. The molecule has 7 heteroatoms. The summed E-state index contributed by atoms with van der Waals surface area (Å²) in [5.74, 6) is 0.648. The molecule has 2 amide bonds. The number of ether oxygens (including phenoxy) is 1. The van der Waals surface area contributed by atoms with Gasteiger partial charge in [-0.15, -0.1) is 0 Å². The van der Waals surface area contributed by atoms with Gasteiger partial charge in [-0.1, -0.05) is 6.07 Å².